The van der Waals surface area contributed by atoms with E-state index in [4.69, 9.17) is 0 Å². The number of halogens is 3. The van der Waals surface area contributed by atoms with Crippen LogP contribution in [0.4, 0.5) is 18.9 Å². The fourth-order valence-corrected chi connectivity index (χ4v) is 2.09. The Kier molecular flexibility index (Phi) is 4.02. The van der Waals surface area contributed by atoms with Crippen LogP contribution >= 0.6 is 0 Å². The first-order chi connectivity index (χ1) is 9.78. The maximum absolute atomic E-state index is 12.5. The summed E-state index contributed by atoms with van der Waals surface area (Å²) in [4.78, 5) is 16.0. The second-order valence-corrected chi connectivity index (χ2v) is 4.68. The van der Waals surface area contributed by atoms with Crippen molar-refractivity contribution in [3.05, 3.63) is 47.5 Å². The molecule has 2 aromatic heterocycles. The molecule has 0 fully saturated rings. The predicted octanol–water partition coefficient (Wildman–Crippen LogP) is 3.31. The van der Waals surface area contributed by atoms with Crippen LogP contribution in [0.3, 0.4) is 0 Å². The van der Waals surface area contributed by atoms with Crippen molar-refractivity contribution in [3.8, 4) is 0 Å². The van der Waals surface area contributed by atoms with Gasteiger partial charge in [0.15, 0.2) is 0 Å². The molecule has 0 bridgehead atoms. The molecule has 0 atom stereocenters. The molecule has 112 valence electrons. The largest absolute Gasteiger partial charge is 0.406 e. The van der Waals surface area contributed by atoms with E-state index in [0.29, 0.717) is 11.4 Å². The predicted molar refractivity (Wildman–Crippen MR) is 72.2 cm³/mol. The highest BCUT2D eigenvalue weighted by molar-refractivity contribution is 6.05. The number of carbonyl (C=O) groups is 1. The number of nitrogens with zero attached hydrogens (tertiary/aromatic N) is 2. The van der Waals surface area contributed by atoms with Gasteiger partial charge in [-0.25, -0.2) is 0 Å². The Labute approximate surface area is 119 Å². The van der Waals surface area contributed by atoms with E-state index in [9.17, 15) is 18.0 Å². The average Bonchev–Trinajstić information content (AvgIpc) is 2.66. The van der Waals surface area contributed by atoms with Crippen LogP contribution in [0, 0.1) is 13.8 Å². The highest BCUT2D eigenvalue weighted by atomic mass is 19.4. The first-order valence-electron chi connectivity index (χ1n) is 6.23. The van der Waals surface area contributed by atoms with Crippen LogP contribution < -0.4 is 5.32 Å². The Bertz CT molecular complexity index is 647. The minimum atomic E-state index is -4.33. The van der Waals surface area contributed by atoms with E-state index in [0.717, 1.165) is 4.57 Å². The maximum Gasteiger partial charge on any atom is 0.406 e. The first-order valence-corrected chi connectivity index (χ1v) is 6.23. The number of aromatic nitrogens is 2. The molecule has 0 spiro atoms. The van der Waals surface area contributed by atoms with Gasteiger partial charge < -0.3 is 9.88 Å². The summed E-state index contributed by atoms with van der Waals surface area (Å²) in [5.41, 5.74) is 1.39. The lowest BCUT2D eigenvalue weighted by molar-refractivity contribution is -0.141. The molecule has 7 heteroatoms. The quantitative estimate of drug-likeness (QED) is 0.944. The zero-order valence-corrected chi connectivity index (χ0v) is 11.5. The van der Waals surface area contributed by atoms with Crippen LogP contribution in [-0.2, 0) is 6.54 Å². The van der Waals surface area contributed by atoms with Crippen molar-refractivity contribution in [1.29, 1.82) is 0 Å². The molecule has 2 rings (SSSR count). The van der Waals surface area contributed by atoms with Crippen molar-refractivity contribution in [2.24, 2.45) is 0 Å². The lowest BCUT2D eigenvalue weighted by atomic mass is 10.2. The monoisotopic (exact) mass is 297 g/mol. The maximum atomic E-state index is 12.5. The molecule has 0 radical (unpaired) electrons. The van der Waals surface area contributed by atoms with Crippen LogP contribution in [-0.4, -0.2) is 21.6 Å². The number of carbonyl (C=O) groups excluding carboxylic acids is 1. The van der Waals surface area contributed by atoms with Gasteiger partial charge in [-0.15, -0.1) is 0 Å². The second-order valence-electron chi connectivity index (χ2n) is 4.68. The van der Waals surface area contributed by atoms with Gasteiger partial charge in [-0.1, -0.05) is 0 Å². The highest BCUT2D eigenvalue weighted by Gasteiger charge is 2.30. The first kappa shape index (κ1) is 15.1. The smallest absolute Gasteiger partial charge is 0.339 e. The minimum absolute atomic E-state index is 0.223. The van der Waals surface area contributed by atoms with Gasteiger partial charge >= 0.3 is 6.18 Å². The van der Waals surface area contributed by atoms with Crippen molar-refractivity contribution in [1.82, 2.24) is 9.55 Å². The number of anilines is 1. The van der Waals surface area contributed by atoms with E-state index in [-0.39, 0.29) is 11.3 Å². The summed E-state index contributed by atoms with van der Waals surface area (Å²) >= 11 is 0. The van der Waals surface area contributed by atoms with Crippen molar-refractivity contribution in [2.45, 2.75) is 26.6 Å². The Hall–Kier alpha value is -2.31. The number of rotatable bonds is 3. The standard InChI is InChI=1S/C14H14F3N3O/c1-9-6-12(10(2)20(9)8-14(15,16)17)13(21)19-11-4-3-5-18-7-11/h3-7H,8H2,1-2H3,(H,19,21). The Morgan fingerprint density at radius 1 is 1.38 bits per heavy atom. The minimum Gasteiger partial charge on any atom is -0.339 e. The van der Waals surface area contributed by atoms with Gasteiger partial charge in [-0.3, -0.25) is 9.78 Å². The summed E-state index contributed by atoms with van der Waals surface area (Å²) in [6.45, 7) is 1.93. The molecule has 1 N–H and O–H groups in total. The number of nitrogens with one attached hydrogen (secondary N) is 1. The Balaban J connectivity index is 2.25. The molecule has 2 aromatic rings. The van der Waals surface area contributed by atoms with E-state index in [1.807, 2.05) is 0 Å². The van der Waals surface area contributed by atoms with Gasteiger partial charge in [0.05, 0.1) is 17.4 Å². The van der Waals surface area contributed by atoms with Gasteiger partial charge in [-0.2, -0.15) is 13.2 Å². The lowest BCUT2D eigenvalue weighted by Crippen LogP contribution is -2.20. The fourth-order valence-electron chi connectivity index (χ4n) is 2.09. The van der Waals surface area contributed by atoms with E-state index < -0.39 is 18.6 Å². The van der Waals surface area contributed by atoms with Crippen LogP contribution in [0.1, 0.15) is 21.7 Å². The zero-order chi connectivity index (χ0) is 15.6. The third-order valence-corrected chi connectivity index (χ3v) is 3.08. The van der Waals surface area contributed by atoms with Crippen LogP contribution in [0.2, 0.25) is 0 Å². The van der Waals surface area contributed by atoms with E-state index in [1.54, 1.807) is 25.3 Å². The SMILES string of the molecule is Cc1cc(C(=O)Nc2cccnc2)c(C)n1CC(F)(F)F. The third-order valence-electron chi connectivity index (χ3n) is 3.08. The van der Waals surface area contributed by atoms with E-state index in [1.165, 1.54) is 19.2 Å². The number of amides is 1. The average molecular weight is 297 g/mol. The molecular weight excluding hydrogens is 283 g/mol. The van der Waals surface area contributed by atoms with Crippen molar-refractivity contribution < 1.29 is 18.0 Å². The van der Waals surface area contributed by atoms with Crippen molar-refractivity contribution >= 4 is 11.6 Å². The summed E-state index contributed by atoms with van der Waals surface area (Å²) in [5, 5.41) is 2.61. The van der Waals surface area contributed by atoms with E-state index >= 15 is 0 Å². The van der Waals surface area contributed by atoms with Crippen LogP contribution in [0.25, 0.3) is 0 Å². The Morgan fingerprint density at radius 3 is 2.67 bits per heavy atom. The molecule has 0 saturated heterocycles. The number of pyridine rings is 1. The van der Waals surface area contributed by atoms with Gasteiger partial charge in [0.1, 0.15) is 6.54 Å². The Morgan fingerprint density at radius 2 is 2.10 bits per heavy atom. The zero-order valence-electron chi connectivity index (χ0n) is 11.5. The molecular formula is C14H14F3N3O. The molecule has 4 nitrogen and oxygen atoms in total. The summed E-state index contributed by atoms with van der Waals surface area (Å²) in [6.07, 6.45) is -1.30. The number of hydrogen-bond acceptors (Lipinski definition) is 2. The molecule has 0 aromatic carbocycles. The highest BCUT2D eigenvalue weighted by Crippen LogP contribution is 2.23. The molecule has 2 heterocycles. The van der Waals surface area contributed by atoms with Crippen LogP contribution in [0.15, 0.2) is 30.6 Å². The molecule has 1 amide bonds. The number of alkyl halides is 3. The van der Waals surface area contributed by atoms with Gasteiger partial charge in [0, 0.05) is 17.6 Å². The molecule has 0 aliphatic rings. The van der Waals surface area contributed by atoms with Gasteiger partial charge in [-0.05, 0) is 32.0 Å². The molecule has 0 aliphatic heterocycles. The number of aryl methyl sites for hydroxylation is 1. The lowest BCUT2D eigenvalue weighted by Gasteiger charge is -2.12. The summed E-state index contributed by atoms with van der Waals surface area (Å²) < 4.78 is 38.7. The molecule has 21 heavy (non-hydrogen) atoms. The van der Waals surface area contributed by atoms with E-state index in [2.05, 4.69) is 10.3 Å². The molecule has 0 unspecified atom stereocenters. The third kappa shape index (κ3) is 3.62. The molecule has 0 saturated carbocycles. The summed E-state index contributed by atoms with van der Waals surface area (Å²) in [6, 6.07) is 4.76. The van der Waals surface area contributed by atoms with Crippen molar-refractivity contribution in [2.75, 3.05) is 5.32 Å². The topological polar surface area (TPSA) is 46.9 Å². The second kappa shape index (κ2) is 5.59. The summed E-state index contributed by atoms with van der Waals surface area (Å²) in [5.74, 6) is -0.454. The fraction of sp³-hybridized carbons (Fsp3) is 0.286. The molecule has 0 aliphatic carbocycles. The van der Waals surface area contributed by atoms with Crippen molar-refractivity contribution in [3.63, 3.8) is 0 Å². The van der Waals surface area contributed by atoms with Gasteiger partial charge in [0.2, 0.25) is 0 Å². The normalized spacial score (nSPS) is 11.5. The van der Waals surface area contributed by atoms with Crippen LogP contribution in [0.5, 0.6) is 0 Å². The number of hydrogen-bond donors (Lipinski definition) is 1. The summed E-state index contributed by atoms with van der Waals surface area (Å²) in [7, 11) is 0. The van der Waals surface area contributed by atoms with Gasteiger partial charge in [0.25, 0.3) is 5.91 Å².